The van der Waals surface area contributed by atoms with Crippen LogP contribution in [0.4, 0.5) is 0 Å². The second kappa shape index (κ2) is 6.50. The van der Waals surface area contributed by atoms with Gasteiger partial charge in [0.25, 0.3) is 0 Å². The smallest absolute Gasteiger partial charge is 0.0188 e. The van der Waals surface area contributed by atoms with Crippen LogP contribution in [0.2, 0.25) is 0 Å². The Morgan fingerprint density at radius 2 is 2.00 bits per heavy atom. The van der Waals surface area contributed by atoms with Gasteiger partial charge in [0.15, 0.2) is 0 Å². The van der Waals surface area contributed by atoms with Crippen LogP contribution >= 0.6 is 11.8 Å². The molecular formula is C13H16S. The van der Waals surface area contributed by atoms with Crippen LogP contribution in [-0.4, -0.2) is 5.75 Å². The monoisotopic (exact) mass is 204 g/mol. The van der Waals surface area contributed by atoms with Crippen LogP contribution in [0.3, 0.4) is 0 Å². The van der Waals surface area contributed by atoms with Gasteiger partial charge in [-0.25, -0.2) is 0 Å². The largest absolute Gasteiger partial charge is 0.122 e. The van der Waals surface area contributed by atoms with E-state index in [-0.39, 0.29) is 0 Å². The number of benzene rings is 1. The Labute approximate surface area is 90.7 Å². The zero-order valence-corrected chi connectivity index (χ0v) is 9.22. The lowest BCUT2D eigenvalue weighted by Crippen LogP contribution is -1.85. The lowest BCUT2D eigenvalue weighted by Gasteiger charge is -2.03. The Kier molecular flexibility index (Phi) is 5.16. The summed E-state index contributed by atoms with van der Waals surface area (Å²) in [5, 5.41) is 0. The molecule has 0 saturated heterocycles. The van der Waals surface area contributed by atoms with Crippen LogP contribution in [-0.2, 0) is 0 Å². The van der Waals surface area contributed by atoms with Gasteiger partial charge >= 0.3 is 0 Å². The van der Waals surface area contributed by atoms with Crippen molar-refractivity contribution in [1.82, 2.24) is 0 Å². The number of allylic oxidation sites excluding steroid dienone is 1. The first kappa shape index (κ1) is 11.1. The van der Waals surface area contributed by atoms with E-state index in [1.54, 1.807) is 0 Å². The molecule has 0 aliphatic carbocycles. The van der Waals surface area contributed by atoms with Gasteiger partial charge in [0.05, 0.1) is 0 Å². The molecule has 0 spiro atoms. The first-order chi connectivity index (χ1) is 6.83. The molecule has 14 heavy (non-hydrogen) atoms. The van der Waals surface area contributed by atoms with Crippen LogP contribution in [0.15, 0.2) is 60.0 Å². The Morgan fingerprint density at radius 3 is 2.64 bits per heavy atom. The molecular weight excluding hydrogens is 188 g/mol. The van der Waals surface area contributed by atoms with Gasteiger partial charge < -0.3 is 0 Å². The molecule has 1 rings (SSSR count). The molecule has 0 radical (unpaired) electrons. The molecule has 0 unspecified atom stereocenters. The molecule has 0 nitrogen and oxygen atoms in total. The van der Waals surface area contributed by atoms with E-state index in [0.717, 1.165) is 18.6 Å². The van der Waals surface area contributed by atoms with E-state index in [1.165, 1.54) is 10.5 Å². The van der Waals surface area contributed by atoms with Gasteiger partial charge in [-0.05, 0) is 25.0 Å². The van der Waals surface area contributed by atoms with Crippen molar-refractivity contribution >= 4 is 11.8 Å². The Balaban J connectivity index is 2.27. The molecule has 0 atom stereocenters. The highest BCUT2D eigenvalue weighted by molar-refractivity contribution is 7.99. The van der Waals surface area contributed by atoms with E-state index in [0.29, 0.717) is 0 Å². The molecule has 0 bridgehead atoms. The number of hydrogen-bond donors (Lipinski definition) is 0. The number of hydrogen-bond acceptors (Lipinski definition) is 1. The summed E-state index contributed by atoms with van der Waals surface area (Å²) >= 11 is 1.85. The fraction of sp³-hybridized carbons (Fsp3) is 0.231. The molecule has 0 fully saturated rings. The second-order valence-corrected chi connectivity index (χ2v) is 4.23. The summed E-state index contributed by atoms with van der Waals surface area (Å²) in [6.45, 7) is 7.74. The van der Waals surface area contributed by atoms with Crippen molar-refractivity contribution in [2.45, 2.75) is 17.7 Å². The predicted octanol–water partition coefficient (Wildman–Crippen LogP) is 4.30. The van der Waals surface area contributed by atoms with E-state index in [2.05, 4.69) is 37.4 Å². The topological polar surface area (TPSA) is 0 Å². The van der Waals surface area contributed by atoms with Crippen molar-refractivity contribution in [1.29, 1.82) is 0 Å². The van der Waals surface area contributed by atoms with Crippen molar-refractivity contribution in [3.8, 4) is 0 Å². The molecule has 74 valence electrons. The third-order valence-corrected chi connectivity index (χ3v) is 3.05. The summed E-state index contributed by atoms with van der Waals surface area (Å²) in [7, 11) is 0. The number of thioether (sulfide) groups is 1. The van der Waals surface area contributed by atoms with Gasteiger partial charge in [0, 0.05) is 10.6 Å². The van der Waals surface area contributed by atoms with E-state index in [4.69, 9.17) is 0 Å². The highest BCUT2D eigenvalue weighted by Gasteiger charge is 1.95. The van der Waals surface area contributed by atoms with Gasteiger partial charge in [0.2, 0.25) is 0 Å². The maximum atomic E-state index is 4.04. The Bertz CT molecular complexity index is 287. The third-order valence-electron chi connectivity index (χ3n) is 1.89. The molecule has 1 heteroatoms. The maximum absolute atomic E-state index is 4.04. The normalized spacial score (nSPS) is 9.71. The summed E-state index contributed by atoms with van der Waals surface area (Å²) in [5.41, 5.74) is 1.29. The summed E-state index contributed by atoms with van der Waals surface area (Å²) in [6.07, 6.45) is 4.04. The second-order valence-electron chi connectivity index (χ2n) is 3.18. The van der Waals surface area contributed by atoms with Crippen LogP contribution in [0.25, 0.3) is 0 Å². The van der Waals surface area contributed by atoms with E-state index < -0.39 is 0 Å². The van der Waals surface area contributed by atoms with Crippen LogP contribution in [0.1, 0.15) is 12.8 Å². The van der Waals surface area contributed by atoms with Crippen molar-refractivity contribution < 1.29 is 0 Å². The molecule has 1 aromatic carbocycles. The van der Waals surface area contributed by atoms with Crippen molar-refractivity contribution in [3.05, 3.63) is 55.1 Å². The highest BCUT2D eigenvalue weighted by Crippen LogP contribution is 2.20. The van der Waals surface area contributed by atoms with Crippen molar-refractivity contribution in [3.63, 3.8) is 0 Å². The standard InChI is InChI=1S/C13H16S/c1-3-4-8-12(2)11-14-13-9-6-5-7-10-13/h3,5-7,9-10H,1-2,4,8,11H2. The van der Waals surface area contributed by atoms with Gasteiger partial charge in [-0.1, -0.05) is 36.4 Å². The third kappa shape index (κ3) is 4.33. The highest BCUT2D eigenvalue weighted by atomic mass is 32.2. The van der Waals surface area contributed by atoms with Crippen LogP contribution < -0.4 is 0 Å². The molecule has 0 saturated carbocycles. The average Bonchev–Trinajstić information content (AvgIpc) is 2.25. The number of rotatable bonds is 6. The quantitative estimate of drug-likeness (QED) is 0.492. The Morgan fingerprint density at radius 1 is 1.29 bits per heavy atom. The lowest BCUT2D eigenvalue weighted by molar-refractivity contribution is 0.990. The summed E-state index contributed by atoms with van der Waals surface area (Å²) in [5.74, 6) is 1.01. The minimum atomic E-state index is 1.01. The van der Waals surface area contributed by atoms with E-state index in [1.807, 2.05) is 23.9 Å². The van der Waals surface area contributed by atoms with Gasteiger partial charge in [-0.3, -0.25) is 0 Å². The first-order valence-corrected chi connectivity index (χ1v) is 5.77. The Hall–Kier alpha value is -0.950. The molecule has 0 amide bonds. The molecule has 1 aromatic rings. The zero-order chi connectivity index (χ0) is 10.2. The molecule has 0 heterocycles. The van der Waals surface area contributed by atoms with E-state index in [9.17, 15) is 0 Å². The van der Waals surface area contributed by atoms with Gasteiger partial charge in [-0.2, -0.15) is 0 Å². The van der Waals surface area contributed by atoms with Gasteiger partial charge in [-0.15, -0.1) is 18.3 Å². The average molecular weight is 204 g/mol. The summed E-state index contributed by atoms with van der Waals surface area (Å²) in [6, 6.07) is 10.4. The minimum absolute atomic E-state index is 1.01. The minimum Gasteiger partial charge on any atom is -0.122 e. The van der Waals surface area contributed by atoms with E-state index >= 15 is 0 Å². The SMILES string of the molecule is C=CCCC(=C)CSc1ccccc1. The van der Waals surface area contributed by atoms with Crippen molar-refractivity contribution in [2.75, 3.05) is 5.75 Å². The molecule has 0 N–H and O–H groups in total. The van der Waals surface area contributed by atoms with Crippen LogP contribution in [0.5, 0.6) is 0 Å². The van der Waals surface area contributed by atoms with Crippen molar-refractivity contribution in [2.24, 2.45) is 0 Å². The fourth-order valence-corrected chi connectivity index (χ4v) is 1.95. The molecule has 0 aliphatic heterocycles. The molecule has 0 aromatic heterocycles. The molecule has 0 aliphatic rings. The lowest BCUT2D eigenvalue weighted by atomic mass is 10.2. The first-order valence-electron chi connectivity index (χ1n) is 4.78. The predicted molar refractivity (Wildman–Crippen MR) is 65.7 cm³/mol. The summed E-state index contributed by atoms with van der Waals surface area (Å²) < 4.78 is 0. The fourth-order valence-electron chi connectivity index (χ4n) is 1.08. The van der Waals surface area contributed by atoms with Crippen LogP contribution in [0, 0.1) is 0 Å². The summed E-state index contributed by atoms with van der Waals surface area (Å²) in [4.78, 5) is 1.31. The maximum Gasteiger partial charge on any atom is 0.0188 e. The zero-order valence-electron chi connectivity index (χ0n) is 8.41. The van der Waals surface area contributed by atoms with Gasteiger partial charge in [0.1, 0.15) is 0 Å².